The van der Waals surface area contributed by atoms with Crippen molar-refractivity contribution < 1.29 is 27.6 Å². The van der Waals surface area contributed by atoms with Crippen LogP contribution in [0.3, 0.4) is 0 Å². The maximum Gasteiger partial charge on any atom is 0.416 e. The first-order valence-corrected chi connectivity index (χ1v) is 14.2. The predicted octanol–water partition coefficient (Wildman–Crippen LogP) is 4.55. The Kier molecular flexibility index (Phi) is 7.17. The van der Waals surface area contributed by atoms with E-state index in [0.717, 1.165) is 45.2 Å². The Morgan fingerprint density at radius 3 is 2.59 bits per heavy atom. The van der Waals surface area contributed by atoms with E-state index in [-0.39, 0.29) is 30.4 Å². The molecule has 2 atom stereocenters. The van der Waals surface area contributed by atoms with E-state index in [0.29, 0.717) is 25.3 Å². The zero-order chi connectivity index (χ0) is 31.5. The highest BCUT2D eigenvalue weighted by Gasteiger charge is 2.49. The molecule has 44 heavy (non-hydrogen) atoms. The van der Waals surface area contributed by atoms with Crippen molar-refractivity contribution in [2.24, 2.45) is 5.92 Å². The minimum atomic E-state index is -4.64. The Bertz CT molecular complexity index is 1710. The summed E-state index contributed by atoms with van der Waals surface area (Å²) in [6, 6.07) is 10.2. The van der Waals surface area contributed by atoms with Crippen molar-refractivity contribution in [3.8, 4) is 0 Å². The fourth-order valence-corrected chi connectivity index (χ4v) is 6.51. The summed E-state index contributed by atoms with van der Waals surface area (Å²) in [4.78, 5) is 55.2. The van der Waals surface area contributed by atoms with Gasteiger partial charge in [0.2, 0.25) is 17.7 Å². The number of alkyl halides is 3. The van der Waals surface area contributed by atoms with Crippen molar-refractivity contribution in [1.82, 2.24) is 14.9 Å². The number of nitrogens with zero attached hydrogens (tertiary/aromatic N) is 6. The quantitative estimate of drug-likeness (QED) is 0.407. The molecule has 0 radical (unpaired) electrons. The van der Waals surface area contributed by atoms with Gasteiger partial charge in [0.25, 0.3) is 0 Å². The highest BCUT2D eigenvalue weighted by Crippen LogP contribution is 2.42. The summed E-state index contributed by atoms with van der Waals surface area (Å²) >= 11 is 0. The monoisotopic (exact) mass is 604 g/mol. The van der Waals surface area contributed by atoms with Gasteiger partial charge in [0.15, 0.2) is 0 Å². The van der Waals surface area contributed by atoms with Crippen molar-refractivity contribution in [2.45, 2.75) is 52.1 Å². The Morgan fingerprint density at radius 1 is 1.09 bits per heavy atom. The molecule has 6 rings (SSSR count). The summed E-state index contributed by atoms with van der Waals surface area (Å²) in [6.45, 7) is 8.40. The normalized spacial score (nSPS) is 19.9. The van der Waals surface area contributed by atoms with Gasteiger partial charge in [-0.05, 0) is 55.3 Å². The van der Waals surface area contributed by atoms with Crippen molar-refractivity contribution in [1.29, 1.82) is 0 Å². The molecule has 0 spiro atoms. The van der Waals surface area contributed by atoms with E-state index >= 15 is 0 Å². The first-order chi connectivity index (χ1) is 20.8. The van der Waals surface area contributed by atoms with E-state index in [1.165, 1.54) is 17.9 Å². The van der Waals surface area contributed by atoms with Gasteiger partial charge in [-0.1, -0.05) is 24.8 Å². The molecular formula is C32H31F3N6O3. The van der Waals surface area contributed by atoms with Gasteiger partial charge in [-0.25, -0.2) is 4.98 Å². The lowest BCUT2D eigenvalue weighted by atomic mass is 9.94. The number of hydrogen-bond acceptors (Lipinski definition) is 6. The number of aromatic nitrogens is 2. The zero-order valence-electron chi connectivity index (χ0n) is 24.6. The minimum absolute atomic E-state index is 0.0326. The van der Waals surface area contributed by atoms with Gasteiger partial charge in [0, 0.05) is 38.2 Å². The van der Waals surface area contributed by atoms with Crippen LogP contribution >= 0.6 is 0 Å². The average Bonchev–Trinajstić information content (AvgIpc) is 3.54. The van der Waals surface area contributed by atoms with Crippen LogP contribution in [0.2, 0.25) is 0 Å². The maximum atomic E-state index is 14.1. The second kappa shape index (κ2) is 10.8. The highest BCUT2D eigenvalue weighted by molar-refractivity contribution is 6.10. The third kappa shape index (κ3) is 5.07. The third-order valence-corrected chi connectivity index (χ3v) is 8.54. The van der Waals surface area contributed by atoms with Gasteiger partial charge in [-0.3, -0.25) is 24.3 Å². The van der Waals surface area contributed by atoms with Crippen molar-refractivity contribution in [3.63, 3.8) is 0 Å². The summed E-state index contributed by atoms with van der Waals surface area (Å²) in [5.74, 6) is -1.74. The Hall–Kier alpha value is -4.74. The molecule has 3 aromatic rings. The fourth-order valence-electron chi connectivity index (χ4n) is 6.51. The molecule has 3 aliphatic rings. The number of anilines is 3. The average molecular weight is 605 g/mol. The lowest BCUT2D eigenvalue weighted by molar-refractivity contribution is -0.137. The molecule has 3 amide bonds. The number of amides is 3. The molecule has 0 aliphatic carbocycles. The molecule has 1 saturated heterocycles. The second-order valence-electron chi connectivity index (χ2n) is 11.6. The summed E-state index contributed by atoms with van der Waals surface area (Å²) < 4.78 is 41.1. The smallest absolute Gasteiger partial charge is 0.363 e. The van der Waals surface area contributed by atoms with Crippen LogP contribution in [-0.2, 0) is 40.2 Å². The first kappa shape index (κ1) is 29.3. The summed E-state index contributed by atoms with van der Waals surface area (Å²) in [5, 5.41) is 0. The zero-order valence-corrected chi connectivity index (χ0v) is 24.6. The predicted molar refractivity (Wildman–Crippen MR) is 158 cm³/mol. The lowest BCUT2D eigenvalue weighted by Crippen LogP contribution is -2.52. The highest BCUT2D eigenvalue weighted by atomic mass is 19.4. The Morgan fingerprint density at radius 2 is 1.86 bits per heavy atom. The van der Waals surface area contributed by atoms with E-state index in [2.05, 4.69) is 16.5 Å². The Balaban J connectivity index is 1.39. The number of halogens is 3. The number of likely N-dealkylation sites (N-methyl/N-ethyl adjacent to an activating group) is 1. The van der Waals surface area contributed by atoms with E-state index in [9.17, 15) is 27.6 Å². The Labute approximate surface area is 252 Å². The number of carbonyl (C=O) groups excluding carboxylic acids is 3. The van der Waals surface area contributed by atoms with E-state index in [1.807, 2.05) is 37.3 Å². The van der Waals surface area contributed by atoms with Crippen molar-refractivity contribution in [2.75, 3.05) is 28.3 Å². The molecule has 12 heteroatoms. The SMILES string of the molecule is C=CC(=O)N1Cc2ccc(CN3C[C@H]4CC(=O)N(c5cc(C(F)(F)F)cc(C)n5)[C@@H]4C(=O)N(C)c4cccc(C)c43)nc2C1. The molecule has 5 heterocycles. The molecular weight excluding hydrogens is 573 g/mol. The summed E-state index contributed by atoms with van der Waals surface area (Å²) in [5.41, 5.74) is 4.01. The van der Waals surface area contributed by atoms with Gasteiger partial charge in [0.05, 0.1) is 41.4 Å². The lowest BCUT2D eigenvalue weighted by Gasteiger charge is -2.39. The number of pyridine rings is 2. The number of fused-ring (bicyclic) bond motifs is 3. The van der Waals surface area contributed by atoms with Crippen LogP contribution in [0.25, 0.3) is 0 Å². The standard InChI is InChI=1S/C32H31F3N6O3/c1-5-27(42)39-14-20-9-10-23(37-24(20)17-39)16-40-15-21-12-28(43)41(26-13-22(32(33,34)35)11-19(3)36-26)30(21)31(44)38(4)25-8-6-7-18(2)29(25)40/h5-11,13,21,30H,1,12,14-17H2,2-4H3/t21-,30+/m1/s1. The van der Waals surface area contributed by atoms with Gasteiger partial charge >= 0.3 is 6.18 Å². The number of carbonyl (C=O) groups is 3. The van der Waals surface area contributed by atoms with Crippen LogP contribution in [0.1, 0.15) is 40.2 Å². The van der Waals surface area contributed by atoms with E-state index < -0.39 is 35.5 Å². The maximum absolute atomic E-state index is 14.1. The number of hydrogen-bond donors (Lipinski definition) is 0. The van der Waals surface area contributed by atoms with Crippen LogP contribution in [0, 0.1) is 19.8 Å². The number of aryl methyl sites for hydroxylation is 2. The van der Waals surface area contributed by atoms with Gasteiger partial charge in [-0.2, -0.15) is 13.2 Å². The van der Waals surface area contributed by atoms with Crippen LogP contribution in [0.4, 0.5) is 30.4 Å². The number of para-hydroxylation sites is 1. The van der Waals surface area contributed by atoms with Gasteiger partial charge in [-0.15, -0.1) is 0 Å². The van der Waals surface area contributed by atoms with Gasteiger partial charge in [0.1, 0.15) is 11.9 Å². The molecule has 1 fully saturated rings. The van der Waals surface area contributed by atoms with Crippen molar-refractivity contribution in [3.05, 3.63) is 88.9 Å². The van der Waals surface area contributed by atoms with Crippen LogP contribution < -0.4 is 14.7 Å². The third-order valence-electron chi connectivity index (χ3n) is 8.54. The number of rotatable bonds is 4. The topological polar surface area (TPSA) is 90.0 Å². The molecule has 2 aromatic heterocycles. The van der Waals surface area contributed by atoms with E-state index in [1.54, 1.807) is 11.9 Å². The van der Waals surface area contributed by atoms with Gasteiger partial charge < -0.3 is 14.7 Å². The molecule has 1 aromatic carbocycles. The molecule has 9 nitrogen and oxygen atoms in total. The molecule has 0 N–H and O–H groups in total. The first-order valence-electron chi connectivity index (χ1n) is 14.2. The molecule has 0 unspecified atom stereocenters. The molecule has 0 saturated carbocycles. The summed E-state index contributed by atoms with van der Waals surface area (Å²) in [7, 11) is 1.62. The number of benzene rings is 1. The fraction of sp³-hybridized carbons (Fsp3) is 0.344. The van der Waals surface area contributed by atoms with E-state index in [4.69, 9.17) is 4.98 Å². The van der Waals surface area contributed by atoms with Crippen molar-refractivity contribution >= 4 is 34.9 Å². The van der Waals surface area contributed by atoms with Crippen LogP contribution in [-0.4, -0.2) is 52.2 Å². The molecule has 228 valence electrons. The molecule has 3 aliphatic heterocycles. The second-order valence-corrected chi connectivity index (χ2v) is 11.6. The summed E-state index contributed by atoms with van der Waals surface area (Å²) in [6.07, 6.45) is -3.39. The largest absolute Gasteiger partial charge is 0.416 e. The van der Waals surface area contributed by atoms with Crippen LogP contribution in [0.15, 0.2) is 55.1 Å². The molecule has 0 bridgehead atoms. The van der Waals surface area contributed by atoms with Crippen LogP contribution in [0.5, 0.6) is 0 Å². The minimum Gasteiger partial charge on any atom is -0.363 e.